The van der Waals surface area contributed by atoms with Crippen molar-refractivity contribution in [1.82, 2.24) is 10.1 Å². The second-order valence-corrected chi connectivity index (χ2v) is 6.69. The molecule has 1 heterocycles. The SMILES string of the molecule is CC(C)Oc1ccc(NC(=O)CCc2nc(-c3ccc(Cl)cc3)no2)cc1. The molecule has 6 nitrogen and oxygen atoms in total. The van der Waals surface area contributed by atoms with E-state index in [1.807, 2.05) is 38.1 Å². The topological polar surface area (TPSA) is 77.2 Å². The second kappa shape index (κ2) is 8.68. The molecule has 0 fully saturated rings. The molecule has 0 aliphatic rings. The van der Waals surface area contributed by atoms with E-state index in [2.05, 4.69) is 15.5 Å². The quantitative estimate of drug-likeness (QED) is 0.635. The molecule has 27 heavy (non-hydrogen) atoms. The Morgan fingerprint density at radius 2 is 1.85 bits per heavy atom. The van der Waals surface area contributed by atoms with E-state index in [0.29, 0.717) is 28.8 Å². The highest BCUT2D eigenvalue weighted by Crippen LogP contribution is 2.20. The summed E-state index contributed by atoms with van der Waals surface area (Å²) in [6.45, 7) is 3.93. The first kappa shape index (κ1) is 18.9. The molecule has 2 aromatic carbocycles. The Morgan fingerprint density at radius 3 is 2.52 bits per heavy atom. The number of carbonyl (C=O) groups excluding carboxylic acids is 1. The van der Waals surface area contributed by atoms with E-state index in [9.17, 15) is 4.79 Å². The van der Waals surface area contributed by atoms with E-state index in [-0.39, 0.29) is 18.4 Å². The second-order valence-electron chi connectivity index (χ2n) is 6.26. The molecule has 0 atom stereocenters. The van der Waals surface area contributed by atoms with Crippen molar-refractivity contribution in [3.05, 3.63) is 59.4 Å². The number of aromatic nitrogens is 2. The molecule has 0 saturated carbocycles. The molecule has 3 aromatic rings. The van der Waals surface area contributed by atoms with Gasteiger partial charge < -0.3 is 14.6 Å². The van der Waals surface area contributed by atoms with Gasteiger partial charge in [-0.05, 0) is 62.4 Å². The Balaban J connectivity index is 1.51. The number of hydrogen-bond acceptors (Lipinski definition) is 5. The third-order valence-corrected chi connectivity index (χ3v) is 3.90. The summed E-state index contributed by atoms with van der Waals surface area (Å²) in [6, 6.07) is 14.4. The summed E-state index contributed by atoms with van der Waals surface area (Å²) < 4.78 is 10.8. The fourth-order valence-electron chi connectivity index (χ4n) is 2.41. The third-order valence-electron chi connectivity index (χ3n) is 3.65. The number of hydrogen-bond donors (Lipinski definition) is 1. The smallest absolute Gasteiger partial charge is 0.227 e. The summed E-state index contributed by atoms with van der Waals surface area (Å²) in [4.78, 5) is 16.4. The lowest BCUT2D eigenvalue weighted by molar-refractivity contribution is -0.116. The summed E-state index contributed by atoms with van der Waals surface area (Å²) in [5.74, 6) is 1.53. The maximum atomic E-state index is 12.1. The number of halogens is 1. The highest BCUT2D eigenvalue weighted by Gasteiger charge is 2.11. The first-order valence-corrected chi connectivity index (χ1v) is 9.02. The number of ether oxygens (including phenoxy) is 1. The van der Waals surface area contributed by atoms with Gasteiger partial charge in [-0.3, -0.25) is 4.79 Å². The van der Waals surface area contributed by atoms with Crippen LogP contribution in [0.4, 0.5) is 5.69 Å². The van der Waals surface area contributed by atoms with E-state index in [1.54, 1.807) is 24.3 Å². The molecule has 0 radical (unpaired) electrons. The minimum atomic E-state index is -0.126. The summed E-state index contributed by atoms with van der Waals surface area (Å²) in [7, 11) is 0. The van der Waals surface area contributed by atoms with Crippen LogP contribution in [-0.4, -0.2) is 22.2 Å². The Bertz CT molecular complexity index is 890. The average Bonchev–Trinajstić information content (AvgIpc) is 3.11. The summed E-state index contributed by atoms with van der Waals surface area (Å²) in [5, 5.41) is 7.42. The van der Waals surface area contributed by atoms with Crippen LogP contribution >= 0.6 is 11.6 Å². The number of aryl methyl sites for hydroxylation is 1. The fraction of sp³-hybridized carbons (Fsp3) is 0.250. The zero-order valence-corrected chi connectivity index (χ0v) is 15.9. The molecule has 1 N–H and O–H groups in total. The lowest BCUT2D eigenvalue weighted by Gasteiger charge is -2.10. The molecular formula is C20H20ClN3O3. The minimum Gasteiger partial charge on any atom is -0.491 e. The number of amides is 1. The molecule has 0 aliphatic heterocycles. The number of benzene rings is 2. The van der Waals surface area contributed by atoms with E-state index in [1.165, 1.54) is 0 Å². The number of rotatable bonds is 7. The zero-order chi connectivity index (χ0) is 19.2. The summed E-state index contributed by atoms with van der Waals surface area (Å²) in [6.07, 6.45) is 0.714. The average molecular weight is 386 g/mol. The molecule has 140 valence electrons. The molecule has 7 heteroatoms. The largest absolute Gasteiger partial charge is 0.491 e. The zero-order valence-electron chi connectivity index (χ0n) is 15.1. The van der Waals surface area contributed by atoms with Crippen molar-refractivity contribution in [1.29, 1.82) is 0 Å². The van der Waals surface area contributed by atoms with E-state index in [0.717, 1.165) is 11.3 Å². The van der Waals surface area contributed by atoms with Crippen LogP contribution in [0.1, 0.15) is 26.2 Å². The van der Waals surface area contributed by atoms with Crippen molar-refractivity contribution in [2.75, 3.05) is 5.32 Å². The van der Waals surface area contributed by atoms with Gasteiger partial charge in [0.1, 0.15) is 5.75 Å². The first-order valence-electron chi connectivity index (χ1n) is 8.64. The van der Waals surface area contributed by atoms with Gasteiger partial charge in [0.15, 0.2) is 0 Å². The van der Waals surface area contributed by atoms with Crippen LogP contribution in [0.3, 0.4) is 0 Å². The van der Waals surface area contributed by atoms with Crippen LogP contribution in [0.25, 0.3) is 11.4 Å². The lowest BCUT2D eigenvalue weighted by Crippen LogP contribution is -2.12. The van der Waals surface area contributed by atoms with E-state index in [4.69, 9.17) is 20.9 Å². The van der Waals surface area contributed by atoms with Gasteiger partial charge in [0.2, 0.25) is 17.6 Å². The van der Waals surface area contributed by atoms with Gasteiger partial charge in [-0.1, -0.05) is 16.8 Å². The molecule has 0 spiro atoms. The molecule has 1 aromatic heterocycles. The van der Waals surface area contributed by atoms with Crippen LogP contribution in [0.15, 0.2) is 53.1 Å². The Hall–Kier alpha value is -2.86. The first-order chi connectivity index (χ1) is 13.0. The van der Waals surface area contributed by atoms with Crippen LogP contribution in [0.5, 0.6) is 5.75 Å². The van der Waals surface area contributed by atoms with Crippen molar-refractivity contribution in [2.24, 2.45) is 0 Å². The van der Waals surface area contributed by atoms with Gasteiger partial charge in [0, 0.05) is 29.1 Å². The van der Waals surface area contributed by atoms with E-state index >= 15 is 0 Å². The summed E-state index contributed by atoms with van der Waals surface area (Å²) in [5.41, 5.74) is 1.52. The fourth-order valence-corrected chi connectivity index (χ4v) is 2.53. The maximum absolute atomic E-state index is 12.1. The maximum Gasteiger partial charge on any atom is 0.227 e. The normalized spacial score (nSPS) is 10.8. The molecule has 0 bridgehead atoms. The molecule has 3 rings (SSSR count). The number of nitrogens with zero attached hydrogens (tertiary/aromatic N) is 2. The standard InChI is InChI=1S/C20H20ClN3O3/c1-13(2)26-17-9-7-16(8-10-17)22-18(25)11-12-19-23-20(24-27-19)14-3-5-15(21)6-4-14/h3-10,13H,11-12H2,1-2H3,(H,22,25). The minimum absolute atomic E-state index is 0.109. The molecule has 0 aliphatic carbocycles. The molecule has 0 unspecified atom stereocenters. The lowest BCUT2D eigenvalue weighted by atomic mass is 10.2. The van der Waals surface area contributed by atoms with Gasteiger partial charge >= 0.3 is 0 Å². The molecule has 0 saturated heterocycles. The Labute approximate surface area is 162 Å². The predicted octanol–water partition coefficient (Wildman–Crippen LogP) is 4.75. The van der Waals surface area contributed by atoms with E-state index < -0.39 is 0 Å². The van der Waals surface area contributed by atoms with Crippen LogP contribution in [0.2, 0.25) is 5.02 Å². The predicted molar refractivity (Wildman–Crippen MR) is 104 cm³/mol. The van der Waals surface area contributed by atoms with Crippen molar-refractivity contribution < 1.29 is 14.1 Å². The Kier molecular flexibility index (Phi) is 6.08. The highest BCUT2D eigenvalue weighted by molar-refractivity contribution is 6.30. The molecule has 1 amide bonds. The van der Waals surface area contributed by atoms with Gasteiger partial charge in [0.25, 0.3) is 0 Å². The van der Waals surface area contributed by atoms with Crippen LogP contribution in [-0.2, 0) is 11.2 Å². The number of carbonyl (C=O) groups is 1. The van der Waals surface area contributed by atoms with Crippen molar-refractivity contribution in [2.45, 2.75) is 32.8 Å². The number of nitrogens with one attached hydrogen (secondary N) is 1. The monoisotopic (exact) mass is 385 g/mol. The van der Waals surface area contributed by atoms with Gasteiger partial charge in [-0.2, -0.15) is 4.98 Å². The Morgan fingerprint density at radius 1 is 1.15 bits per heavy atom. The van der Waals surface area contributed by atoms with Crippen LogP contribution in [0, 0.1) is 0 Å². The van der Waals surface area contributed by atoms with Crippen molar-refractivity contribution >= 4 is 23.2 Å². The highest BCUT2D eigenvalue weighted by atomic mass is 35.5. The molecular weight excluding hydrogens is 366 g/mol. The third kappa shape index (κ3) is 5.56. The van der Waals surface area contributed by atoms with Crippen LogP contribution < -0.4 is 10.1 Å². The van der Waals surface area contributed by atoms with Gasteiger partial charge in [-0.25, -0.2) is 0 Å². The van der Waals surface area contributed by atoms with Gasteiger partial charge in [0.05, 0.1) is 6.10 Å². The summed E-state index contributed by atoms with van der Waals surface area (Å²) >= 11 is 5.87. The van der Waals surface area contributed by atoms with Gasteiger partial charge in [-0.15, -0.1) is 0 Å². The number of anilines is 1. The van der Waals surface area contributed by atoms with Crippen molar-refractivity contribution in [3.8, 4) is 17.1 Å². The van der Waals surface area contributed by atoms with Crippen molar-refractivity contribution in [3.63, 3.8) is 0 Å².